The van der Waals surface area contributed by atoms with E-state index in [1.54, 1.807) is 0 Å². The van der Waals surface area contributed by atoms with Crippen molar-refractivity contribution in [1.82, 2.24) is 0 Å². The number of nitrogens with zero attached hydrogens (tertiary/aromatic N) is 4. The third-order valence-electron chi connectivity index (χ3n) is 7.90. The van der Waals surface area contributed by atoms with Gasteiger partial charge in [-0.15, -0.1) is 0 Å². The number of carboxylic acids is 7. The SMILES string of the molecule is NC(N)=NCCC[C@H](N)C(=O)O.NC(N)=NCCC[C@H](N)C(=O)O.NC(N)=NCCC[C@H](N)C(=O)O.NC(N)=NCCC[C@H](N)C(=O)O.N[C@@H](CCC(=O)OC(CC(=O)O)(CC(=O)OP(=O)(O)O)C(=O)O)C(=O)O.[K+]. The Morgan fingerprint density at radius 3 is 0.893 bits per heavy atom. The molecular formula is C35H72KN17O21P+. The number of aliphatic imine (C=N–C) groups is 4. The van der Waals surface area contributed by atoms with Gasteiger partial charge in [0.15, 0.2) is 23.8 Å². The molecule has 428 valence electrons. The third-order valence-corrected chi connectivity index (χ3v) is 8.34. The Morgan fingerprint density at radius 2 is 0.693 bits per heavy atom. The minimum absolute atomic E-state index is 0. The van der Waals surface area contributed by atoms with Crippen LogP contribution in [0.25, 0.3) is 0 Å². The van der Waals surface area contributed by atoms with E-state index in [2.05, 4.69) is 29.2 Å². The predicted octanol–water partition coefficient (Wildman–Crippen LogP) is -11.1. The number of rotatable bonds is 31. The van der Waals surface area contributed by atoms with Crippen LogP contribution in [0, 0.1) is 0 Å². The molecule has 0 saturated carbocycles. The number of phosphoric acid groups is 1. The number of hydrogen-bond donors (Lipinski definition) is 22. The van der Waals surface area contributed by atoms with Crippen LogP contribution in [-0.4, -0.2) is 185 Å². The maximum absolute atomic E-state index is 11.7. The van der Waals surface area contributed by atoms with Gasteiger partial charge in [-0.1, -0.05) is 0 Å². The molecule has 0 aromatic carbocycles. The summed E-state index contributed by atoms with van der Waals surface area (Å²) < 4.78 is 18.7. The fourth-order valence-corrected chi connectivity index (χ4v) is 4.54. The summed E-state index contributed by atoms with van der Waals surface area (Å²) in [5, 5.41) is 60.1. The Hall–Kier alpha value is -6.10. The van der Waals surface area contributed by atoms with E-state index >= 15 is 0 Å². The first-order valence-electron chi connectivity index (χ1n) is 20.9. The monoisotopic (exact) mass is 1140 g/mol. The number of phosphoric ester groups is 1. The Balaban J connectivity index is -0.000000208. The number of carbonyl (C=O) groups excluding carboxylic acids is 2. The smallest absolute Gasteiger partial charge is 0.481 e. The molecule has 38 nitrogen and oxygen atoms in total. The first kappa shape index (κ1) is 80.3. The first-order valence-corrected chi connectivity index (χ1v) is 22.4. The number of carboxylic acid groups (broad SMARTS) is 7. The summed E-state index contributed by atoms with van der Waals surface area (Å²) in [5.41, 5.74) is 63.4. The molecule has 0 spiro atoms. The van der Waals surface area contributed by atoms with Gasteiger partial charge in [0, 0.05) is 32.6 Å². The zero-order chi connectivity index (χ0) is 58.9. The van der Waals surface area contributed by atoms with Crippen LogP contribution in [0.2, 0.25) is 0 Å². The normalized spacial score (nSPS) is 12.8. The van der Waals surface area contributed by atoms with E-state index in [0.29, 0.717) is 77.5 Å². The molecule has 0 aliphatic rings. The van der Waals surface area contributed by atoms with E-state index in [1.807, 2.05) is 0 Å². The standard InChI is InChI=1S/C11H16NO13P.4C6H14N4O2.K/c12-5(9(17)18)1-2-7(15)24-11(10(19)20,3-6(13)14)4-8(16)25-26(21,22)23;4*7-4(5(11)12)2-1-3-10-6(8)9;/h5H,1-4,12H2,(H,13,14)(H,17,18)(H,19,20)(H2,21,22,23);4*4H,1-3,7H2,(H,11,12)(H4,8,9,10);/q;;;;;+1/t5-,11?;4*4-;/m00000./s1. The van der Waals surface area contributed by atoms with Crippen molar-refractivity contribution in [2.24, 2.45) is 94.5 Å². The van der Waals surface area contributed by atoms with Crippen LogP contribution in [0.3, 0.4) is 0 Å². The maximum Gasteiger partial charge on any atom is 1.00 e. The van der Waals surface area contributed by atoms with Crippen molar-refractivity contribution in [2.75, 3.05) is 26.2 Å². The second-order valence-electron chi connectivity index (χ2n) is 14.5. The van der Waals surface area contributed by atoms with Crippen LogP contribution in [-0.2, 0) is 57.0 Å². The zero-order valence-electron chi connectivity index (χ0n) is 40.9. The molecule has 0 amide bonds. The topological polar surface area (TPSA) is 759 Å². The summed E-state index contributed by atoms with van der Waals surface area (Å²) in [7, 11) is -5.36. The number of nitrogens with two attached hydrogens (primary N) is 13. The zero-order valence-corrected chi connectivity index (χ0v) is 44.9. The summed E-state index contributed by atoms with van der Waals surface area (Å²) in [6.07, 6.45) is -0.338. The van der Waals surface area contributed by atoms with E-state index in [4.69, 9.17) is 115 Å². The van der Waals surface area contributed by atoms with Crippen molar-refractivity contribution < 1.29 is 154 Å². The van der Waals surface area contributed by atoms with E-state index in [-0.39, 0.29) is 75.2 Å². The van der Waals surface area contributed by atoms with Gasteiger partial charge in [-0.05, 0) is 57.8 Å². The number of hydrogen-bond acceptors (Lipinski definition) is 21. The minimum Gasteiger partial charge on any atom is -0.481 e. The largest absolute Gasteiger partial charge is 1.00 e. The molecule has 0 aliphatic heterocycles. The van der Waals surface area contributed by atoms with Crippen molar-refractivity contribution >= 4 is 85.4 Å². The fourth-order valence-electron chi connectivity index (χ4n) is 4.21. The van der Waals surface area contributed by atoms with Crippen LogP contribution in [0.4, 0.5) is 0 Å². The molecule has 0 saturated heterocycles. The van der Waals surface area contributed by atoms with Gasteiger partial charge in [-0.3, -0.25) is 68.1 Å². The summed E-state index contributed by atoms with van der Waals surface area (Å²) in [6.45, 7) is 1.68. The van der Waals surface area contributed by atoms with Gasteiger partial charge in [0.05, 0.1) is 12.8 Å². The van der Waals surface area contributed by atoms with Gasteiger partial charge in [-0.25, -0.2) is 9.36 Å². The Kier molecular flexibility index (Phi) is 48.5. The summed E-state index contributed by atoms with van der Waals surface area (Å²) >= 11 is 0. The maximum atomic E-state index is 11.7. The first-order chi connectivity index (χ1) is 33.8. The Labute approximate surface area is 469 Å². The predicted molar refractivity (Wildman–Crippen MR) is 258 cm³/mol. The van der Waals surface area contributed by atoms with E-state index in [9.17, 15) is 52.8 Å². The molecule has 0 radical (unpaired) electrons. The molecule has 1 unspecified atom stereocenters. The molecule has 40 heteroatoms. The molecule has 0 aromatic heterocycles. The molecule has 35 N–H and O–H groups in total. The Bertz CT molecular complexity index is 1790. The van der Waals surface area contributed by atoms with Gasteiger partial charge >= 0.3 is 113 Å². The number of ether oxygens (including phenoxy) is 1. The second-order valence-corrected chi connectivity index (χ2v) is 15.7. The van der Waals surface area contributed by atoms with Gasteiger partial charge in [0.2, 0.25) is 5.60 Å². The van der Waals surface area contributed by atoms with Crippen molar-refractivity contribution in [3.63, 3.8) is 0 Å². The van der Waals surface area contributed by atoms with E-state index < -0.39 is 123 Å². The van der Waals surface area contributed by atoms with Gasteiger partial charge in [-0.2, -0.15) is 0 Å². The number of guanidine groups is 4. The number of carbonyl (C=O) groups is 9. The molecule has 0 bridgehead atoms. The summed E-state index contributed by atoms with van der Waals surface area (Å²) in [6, 6.07) is -4.77. The third kappa shape index (κ3) is 55.5. The molecule has 0 aromatic rings. The average Bonchev–Trinajstić information content (AvgIpc) is 3.25. The van der Waals surface area contributed by atoms with Crippen LogP contribution < -0.4 is 126 Å². The van der Waals surface area contributed by atoms with Crippen molar-refractivity contribution in [2.45, 2.75) is 113 Å². The van der Waals surface area contributed by atoms with Crippen molar-refractivity contribution in [3.05, 3.63) is 0 Å². The van der Waals surface area contributed by atoms with E-state index in [0.717, 1.165) is 0 Å². The summed E-state index contributed by atoms with van der Waals surface area (Å²) in [5.74, 6) is -12.6. The van der Waals surface area contributed by atoms with Crippen LogP contribution in [0.5, 0.6) is 0 Å². The fraction of sp³-hybridized carbons (Fsp3) is 0.629. The van der Waals surface area contributed by atoms with Gasteiger partial charge in [0.1, 0.15) is 30.2 Å². The quantitative estimate of drug-likeness (QED) is 0.00765. The van der Waals surface area contributed by atoms with E-state index in [1.165, 1.54) is 0 Å². The van der Waals surface area contributed by atoms with Crippen molar-refractivity contribution in [3.8, 4) is 0 Å². The average molecular weight is 1140 g/mol. The molecule has 0 heterocycles. The Morgan fingerprint density at radius 1 is 0.440 bits per heavy atom. The van der Waals surface area contributed by atoms with Crippen LogP contribution in [0.1, 0.15) is 77.0 Å². The molecule has 75 heavy (non-hydrogen) atoms. The molecule has 0 fully saturated rings. The minimum atomic E-state index is -5.36. The van der Waals surface area contributed by atoms with Crippen molar-refractivity contribution in [1.29, 1.82) is 0 Å². The number of esters is 1. The second kappa shape index (κ2) is 45.3. The van der Waals surface area contributed by atoms with Crippen LogP contribution in [0.15, 0.2) is 20.0 Å². The molecule has 6 atom stereocenters. The van der Waals surface area contributed by atoms with Gasteiger partial charge < -0.3 is 120 Å². The molecular weight excluding hydrogens is 1060 g/mol. The number of aliphatic carboxylic acids is 7. The molecule has 0 rings (SSSR count). The van der Waals surface area contributed by atoms with Gasteiger partial charge in [0.25, 0.3) is 0 Å². The summed E-state index contributed by atoms with van der Waals surface area (Å²) in [4.78, 5) is 129. The van der Waals surface area contributed by atoms with Crippen LogP contribution >= 0.6 is 7.82 Å². The molecule has 0 aliphatic carbocycles.